The van der Waals surface area contributed by atoms with Crippen molar-refractivity contribution < 1.29 is 14.0 Å². The minimum Gasteiger partial charge on any atom is -0.493 e. The van der Waals surface area contributed by atoms with E-state index < -0.39 is 0 Å². The van der Waals surface area contributed by atoms with Crippen molar-refractivity contribution in [2.24, 2.45) is 0 Å². The lowest BCUT2D eigenvalue weighted by Gasteiger charge is -2.09. The van der Waals surface area contributed by atoms with Crippen LogP contribution in [0.3, 0.4) is 0 Å². The van der Waals surface area contributed by atoms with E-state index in [-0.39, 0.29) is 0 Å². The van der Waals surface area contributed by atoms with Gasteiger partial charge in [-0.05, 0) is 17.7 Å². The molecule has 0 amide bonds. The van der Waals surface area contributed by atoms with Crippen LogP contribution in [0.2, 0.25) is 0 Å². The lowest BCUT2D eigenvalue weighted by atomic mass is 10.2. The summed E-state index contributed by atoms with van der Waals surface area (Å²) in [5, 5.41) is 7.10. The molecule has 6 heteroatoms. The highest BCUT2D eigenvalue weighted by Crippen LogP contribution is 2.36. The number of rotatable bonds is 6. The molecule has 0 bridgehead atoms. The fraction of sp³-hybridized carbons (Fsp3) is 0.176. The van der Waals surface area contributed by atoms with Gasteiger partial charge in [0.15, 0.2) is 11.5 Å². The minimum absolute atomic E-state index is 0.355. The molecule has 3 rings (SSSR count). The summed E-state index contributed by atoms with van der Waals surface area (Å²) >= 11 is 0. The first-order valence-corrected chi connectivity index (χ1v) is 7.14. The largest absolute Gasteiger partial charge is 0.493 e. The van der Waals surface area contributed by atoms with Gasteiger partial charge in [0.25, 0.3) is 0 Å². The van der Waals surface area contributed by atoms with Gasteiger partial charge in [-0.15, -0.1) is 0 Å². The van der Waals surface area contributed by atoms with Crippen molar-refractivity contribution in [1.29, 1.82) is 0 Å². The average molecular weight is 311 g/mol. The molecule has 0 fully saturated rings. The van der Waals surface area contributed by atoms with Gasteiger partial charge in [0.1, 0.15) is 0 Å². The lowest BCUT2D eigenvalue weighted by molar-refractivity contribution is 0.355. The average Bonchev–Trinajstić information content (AvgIpc) is 3.09. The molecule has 0 unspecified atom stereocenters. The molecule has 0 atom stereocenters. The second-order valence-corrected chi connectivity index (χ2v) is 4.80. The van der Waals surface area contributed by atoms with Crippen LogP contribution in [0, 0.1) is 0 Å². The highest BCUT2D eigenvalue weighted by atomic mass is 16.5. The van der Waals surface area contributed by atoms with Gasteiger partial charge in [-0.1, -0.05) is 41.6 Å². The second-order valence-electron chi connectivity index (χ2n) is 4.80. The topological polar surface area (TPSA) is 69.4 Å². The van der Waals surface area contributed by atoms with E-state index in [1.807, 2.05) is 48.5 Å². The van der Waals surface area contributed by atoms with Crippen LogP contribution in [0.15, 0.2) is 53.1 Å². The molecule has 1 aromatic heterocycles. The number of hydrogen-bond acceptors (Lipinski definition) is 6. The number of ether oxygens (including phenoxy) is 2. The molecule has 1 heterocycles. The maximum atomic E-state index is 5.39. The van der Waals surface area contributed by atoms with Crippen molar-refractivity contribution in [2.45, 2.75) is 6.54 Å². The molecular weight excluding hydrogens is 294 g/mol. The van der Waals surface area contributed by atoms with E-state index in [2.05, 4.69) is 15.5 Å². The quantitative estimate of drug-likeness (QED) is 0.752. The molecule has 23 heavy (non-hydrogen) atoms. The summed E-state index contributed by atoms with van der Waals surface area (Å²) in [5.74, 6) is 1.63. The Kier molecular flexibility index (Phi) is 4.42. The predicted molar refractivity (Wildman–Crippen MR) is 86.6 cm³/mol. The Hall–Kier alpha value is -3.02. The molecule has 2 aromatic carbocycles. The molecule has 0 aliphatic rings. The Morgan fingerprint density at radius 3 is 2.57 bits per heavy atom. The standard InChI is InChI=1S/C17H17N3O3/c1-21-14-10-6-9-13(15(14)22-2)16-19-17(23-20-16)18-11-12-7-4-3-5-8-12/h3-10H,11H2,1-2H3,(H,18,19,20). The highest BCUT2D eigenvalue weighted by molar-refractivity contribution is 5.68. The van der Waals surface area contributed by atoms with E-state index in [0.717, 1.165) is 5.56 Å². The van der Waals surface area contributed by atoms with E-state index in [4.69, 9.17) is 14.0 Å². The number of nitrogens with zero attached hydrogens (tertiary/aromatic N) is 2. The number of hydrogen-bond donors (Lipinski definition) is 1. The Balaban J connectivity index is 1.79. The summed E-state index contributed by atoms with van der Waals surface area (Å²) in [6, 6.07) is 15.9. The third-order valence-electron chi connectivity index (χ3n) is 3.36. The number of para-hydroxylation sites is 1. The van der Waals surface area contributed by atoms with E-state index in [9.17, 15) is 0 Å². The Labute approximate surface area is 134 Å². The van der Waals surface area contributed by atoms with Crippen molar-refractivity contribution in [2.75, 3.05) is 19.5 Å². The summed E-state index contributed by atoms with van der Waals surface area (Å²) in [6.45, 7) is 0.609. The zero-order valence-electron chi connectivity index (χ0n) is 12.9. The number of aromatic nitrogens is 2. The van der Waals surface area contributed by atoms with Crippen molar-refractivity contribution in [3.05, 3.63) is 54.1 Å². The molecule has 0 radical (unpaired) electrons. The summed E-state index contributed by atoms with van der Waals surface area (Å²) in [5.41, 5.74) is 1.84. The van der Waals surface area contributed by atoms with E-state index in [1.54, 1.807) is 14.2 Å². The monoisotopic (exact) mass is 311 g/mol. The molecule has 0 saturated carbocycles. The fourth-order valence-corrected chi connectivity index (χ4v) is 2.24. The first-order chi connectivity index (χ1) is 11.3. The van der Waals surface area contributed by atoms with Crippen molar-refractivity contribution >= 4 is 6.01 Å². The smallest absolute Gasteiger partial charge is 0.322 e. The van der Waals surface area contributed by atoms with Gasteiger partial charge in [0, 0.05) is 6.54 Å². The molecule has 6 nitrogen and oxygen atoms in total. The number of methoxy groups -OCH3 is 2. The fourth-order valence-electron chi connectivity index (χ4n) is 2.24. The maximum absolute atomic E-state index is 5.39. The van der Waals surface area contributed by atoms with E-state index in [1.165, 1.54) is 0 Å². The van der Waals surface area contributed by atoms with Gasteiger partial charge in [0.2, 0.25) is 5.82 Å². The zero-order valence-corrected chi connectivity index (χ0v) is 12.9. The second kappa shape index (κ2) is 6.83. The van der Waals surface area contributed by atoms with Gasteiger partial charge in [-0.2, -0.15) is 4.98 Å². The number of anilines is 1. The van der Waals surface area contributed by atoms with Gasteiger partial charge in [-0.25, -0.2) is 0 Å². The SMILES string of the molecule is COc1cccc(-c2noc(NCc3ccccc3)n2)c1OC. The molecule has 0 saturated heterocycles. The van der Waals surface area contributed by atoms with Crippen molar-refractivity contribution in [3.63, 3.8) is 0 Å². The molecule has 0 spiro atoms. The van der Waals surface area contributed by atoms with Gasteiger partial charge >= 0.3 is 6.01 Å². The van der Waals surface area contributed by atoms with Crippen LogP contribution in [-0.4, -0.2) is 24.4 Å². The van der Waals surface area contributed by atoms with Gasteiger partial charge in [-0.3, -0.25) is 0 Å². The Bertz CT molecular complexity index is 772. The number of benzene rings is 2. The molecule has 0 aliphatic carbocycles. The van der Waals surface area contributed by atoms with Crippen molar-refractivity contribution in [1.82, 2.24) is 10.1 Å². The normalized spacial score (nSPS) is 10.3. The molecule has 1 N–H and O–H groups in total. The van der Waals surface area contributed by atoms with E-state index >= 15 is 0 Å². The first-order valence-electron chi connectivity index (χ1n) is 7.14. The lowest BCUT2D eigenvalue weighted by Crippen LogP contribution is -1.99. The summed E-state index contributed by atoms with van der Waals surface area (Å²) in [7, 11) is 3.17. The Morgan fingerprint density at radius 1 is 1.00 bits per heavy atom. The van der Waals surface area contributed by atoms with E-state index in [0.29, 0.717) is 35.4 Å². The highest BCUT2D eigenvalue weighted by Gasteiger charge is 2.16. The third kappa shape index (κ3) is 3.26. The van der Waals surface area contributed by atoms with Gasteiger partial charge in [0.05, 0.1) is 19.8 Å². The van der Waals surface area contributed by atoms with Crippen LogP contribution in [0.5, 0.6) is 11.5 Å². The summed E-state index contributed by atoms with van der Waals surface area (Å²) < 4.78 is 15.9. The molecule has 3 aromatic rings. The summed E-state index contributed by atoms with van der Waals surface area (Å²) in [6.07, 6.45) is 0. The predicted octanol–water partition coefficient (Wildman–Crippen LogP) is 3.37. The minimum atomic E-state index is 0.355. The molecule has 118 valence electrons. The number of nitrogens with one attached hydrogen (secondary N) is 1. The zero-order chi connectivity index (χ0) is 16.1. The Morgan fingerprint density at radius 2 is 1.83 bits per heavy atom. The van der Waals surface area contributed by atoms with Crippen LogP contribution in [0.4, 0.5) is 6.01 Å². The maximum Gasteiger partial charge on any atom is 0.322 e. The molecule has 0 aliphatic heterocycles. The third-order valence-corrected chi connectivity index (χ3v) is 3.36. The first kappa shape index (κ1) is 14.9. The van der Waals surface area contributed by atoms with Crippen LogP contribution in [0.1, 0.15) is 5.56 Å². The van der Waals surface area contributed by atoms with Crippen LogP contribution in [0.25, 0.3) is 11.4 Å². The van der Waals surface area contributed by atoms with Gasteiger partial charge < -0.3 is 19.3 Å². The molecular formula is C17H17N3O3. The van der Waals surface area contributed by atoms with Crippen LogP contribution < -0.4 is 14.8 Å². The van der Waals surface area contributed by atoms with Crippen LogP contribution >= 0.6 is 0 Å². The summed E-state index contributed by atoms with van der Waals surface area (Å²) in [4.78, 5) is 4.36. The van der Waals surface area contributed by atoms with Crippen LogP contribution in [-0.2, 0) is 6.54 Å². The van der Waals surface area contributed by atoms with Crippen molar-refractivity contribution in [3.8, 4) is 22.9 Å².